The van der Waals surface area contributed by atoms with Gasteiger partial charge in [-0.25, -0.2) is 4.79 Å². The van der Waals surface area contributed by atoms with Crippen molar-refractivity contribution in [1.29, 1.82) is 0 Å². The molecule has 3 saturated carbocycles. The van der Waals surface area contributed by atoms with E-state index in [2.05, 4.69) is 33.8 Å². The van der Waals surface area contributed by atoms with E-state index >= 15 is 0 Å². The zero-order valence-corrected chi connectivity index (χ0v) is 21.0. The molecule has 4 aliphatic carbocycles. The summed E-state index contributed by atoms with van der Waals surface area (Å²) in [6, 6.07) is 0. The molecule has 0 radical (unpaired) electrons. The van der Waals surface area contributed by atoms with Crippen molar-refractivity contribution in [2.24, 2.45) is 28.6 Å². The van der Waals surface area contributed by atoms with E-state index in [9.17, 15) is 4.79 Å². The first-order valence-electron chi connectivity index (χ1n) is 13.6. The first kappa shape index (κ1) is 24.1. The first-order valence-corrected chi connectivity index (χ1v) is 13.6. The van der Waals surface area contributed by atoms with Crippen LogP contribution in [0.4, 0.5) is 4.79 Å². The fourth-order valence-corrected chi connectivity index (χ4v) is 8.02. The number of unbranched alkanes of at least 4 members (excludes halogenated alkanes) is 3. The van der Waals surface area contributed by atoms with Crippen LogP contribution in [0.15, 0.2) is 11.6 Å². The van der Waals surface area contributed by atoms with Crippen LogP contribution in [0.5, 0.6) is 0 Å². The Bertz CT molecular complexity index is 687. The second-order valence-corrected chi connectivity index (χ2v) is 11.4. The molecule has 0 aromatic carbocycles. The Morgan fingerprint density at radius 1 is 1.00 bits per heavy atom. The van der Waals surface area contributed by atoms with Gasteiger partial charge in [0, 0.05) is 12.0 Å². The monoisotopic (exact) mass is 446 g/mol. The number of fused-ring (bicyclic) bond motifs is 5. The van der Waals surface area contributed by atoms with Crippen LogP contribution in [-0.2, 0) is 14.2 Å². The molecule has 0 unspecified atom stereocenters. The second-order valence-electron chi connectivity index (χ2n) is 11.4. The Hall–Kier alpha value is -1.03. The Morgan fingerprint density at radius 2 is 1.84 bits per heavy atom. The number of allylic oxidation sites excluding steroid dienone is 1. The van der Waals surface area contributed by atoms with Gasteiger partial charge in [0.2, 0.25) is 0 Å². The quantitative estimate of drug-likeness (QED) is 0.220. The van der Waals surface area contributed by atoms with Gasteiger partial charge in [-0.15, -0.1) is 0 Å². The molecule has 0 aromatic heterocycles. The van der Waals surface area contributed by atoms with Gasteiger partial charge in [0.15, 0.2) is 0 Å². The number of hydrogen-bond acceptors (Lipinski definition) is 4. The van der Waals surface area contributed by atoms with Gasteiger partial charge in [0.05, 0.1) is 12.7 Å². The van der Waals surface area contributed by atoms with Crippen LogP contribution in [0, 0.1) is 28.6 Å². The summed E-state index contributed by atoms with van der Waals surface area (Å²) in [4.78, 5) is 12.4. The summed E-state index contributed by atoms with van der Waals surface area (Å²) in [7, 11) is 0. The lowest BCUT2D eigenvalue weighted by Gasteiger charge is -2.58. The lowest BCUT2D eigenvalue weighted by Crippen LogP contribution is -2.52. The Balaban J connectivity index is 1.38. The summed E-state index contributed by atoms with van der Waals surface area (Å²) in [6.45, 7) is 10.5. The number of hydrogen-bond donors (Lipinski definition) is 0. The first-order chi connectivity index (χ1) is 15.4. The molecule has 182 valence electrons. The predicted molar refractivity (Wildman–Crippen MR) is 127 cm³/mol. The molecule has 4 rings (SSSR count). The molecule has 0 amide bonds. The maximum atomic E-state index is 12.4. The Morgan fingerprint density at radius 3 is 2.62 bits per heavy atom. The molecular formula is C28H46O4. The van der Waals surface area contributed by atoms with Crippen LogP contribution < -0.4 is 0 Å². The fourth-order valence-electron chi connectivity index (χ4n) is 8.02. The number of carbonyl (C=O) groups excluding carboxylic acids is 1. The van der Waals surface area contributed by atoms with Gasteiger partial charge >= 0.3 is 6.16 Å². The van der Waals surface area contributed by atoms with Crippen LogP contribution >= 0.6 is 0 Å². The lowest BCUT2D eigenvalue weighted by atomic mass is 9.47. The van der Waals surface area contributed by atoms with Gasteiger partial charge in [0.1, 0.15) is 6.10 Å². The Labute approximate surface area is 195 Å². The highest BCUT2D eigenvalue weighted by molar-refractivity contribution is 5.60. The largest absolute Gasteiger partial charge is 0.508 e. The summed E-state index contributed by atoms with van der Waals surface area (Å²) in [5.74, 6) is 2.21. The summed E-state index contributed by atoms with van der Waals surface area (Å²) >= 11 is 0. The van der Waals surface area contributed by atoms with Crippen LogP contribution in [0.2, 0.25) is 0 Å². The SMILES string of the molecule is CCCCCCOC(=O)O[C@H]1CC[C@H]2[C@@H]3CCC4=C[C@H](OCC)CC[C@]4(C)[C@H]3CC[C@]12C. The minimum Gasteiger partial charge on any atom is -0.434 e. The molecule has 32 heavy (non-hydrogen) atoms. The van der Waals surface area contributed by atoms with Crippen molar-refractivity contribution in [2.45, 2.75) is 117 Å². The number of rotatable bonds is 8. The lowest BCUT2D eigenvalue weighted by molar-refractivity contribution is -0.0896. The molecule has 0 bridgehead atoms. The van der Waals surface area contributed by atoms with Crippen LogP contribution in [0.25, 0.3) is 0 Å². The van der Waals surface area contributed by atoms with Crippen molar-refractivity contribution in [3.63, 3.8) is 0 Å². The van der Waals surface area contributed by atoms with Gasteiger partial charge in [0.25, 0.3) is 0 Å². The molecule has 0 saturated heterocycles. The van der Waals surface area contributed by atoms with E-state index in [0.29, 0.717) is 24.0 Å². The summed E-state index contributed by atoms with van der Waals surface area (Å²) in [6.07, 6.45) is 16.4. The van der Waals surface area contributed by atoms with E-state index in [1.54, 1.807) is 5.57 Å². The zero-order valence-electron chi connectivity index (χ0n) is 21.0. The third kappa shape index (κ3) is 4.50. The topological polar surface area (TPSA) is 44.8 Å². The van der Waals surface area contributed by atoms with Crippen molar-refractivity contribution < 1.29 is 19.0 Å². The van der Waals surface area contributed by atoms with Crippen molar-refractivity contribution in [1.82, 2.24) is 0 Å². The minimum absolute atomic E-state index is 0.0232. The summed E-state index contributed by atoms with van der Waals surface area (Å²) in [5.41, 5.74) is 2.13. The van der Waals surface area contributed by atoms with Crippen LogP contribution in [0.1, 0.15) is 105 Å². The molecule has 7 atom stereocenters. The molecule has 0 N–H and O–H groups in total. The van der Waals surface area contributed by atoms with Gasteiger partial charge in [-0.1, -0.05) is 51.7 Å². The minimum atomic E-state index is -0.439. The van der Waals surface area contributed by atoms with Crippen molar-refractivity contribution in [3.05, 3.63) is 11.6 Å². The molecule has 0 spiro atoms. The van der Waals surface area contributed by atoms with Crippen LogP contribution in [0.3, 0.4) is 0 Å². The standard InChI is InChI=1S/C28H46O4/c1-5-7-8-9-18-31-26(29)32-25-13-12-23-22-11-10-20-19-21(30-6-2)14-16-27(20,3)24(22)15-17-28(23,25)4/h19,21-25H,5-18H2,1-4H3/t21-,22+,23+,24+,25+,27+,28+/m1/s1. The van der Waals surface area contributed by atoms with Crippen LogP contribution in [-0.4, -0.2) is 31.6 Å². The summed E-state index contributed by atoms with van der Waals surface area (Å²) in [5, 5.41) is 0. The number of carbonyl (C=O) groups is 1. The van der Waals surface area contributed by atoms with Crippen molar-refractivity contribution in [2.75, 3.05) is 13.2 Å². The van der Waals surface area contributed by atoms with Gasteiger partial charge in [-0.2, -0.15) is 0 Å². The average Bonchev–Trinajstić information content (AvgIpc) is 3.10. The fraction of sp³-hybridized carbons (Fsp3) is 0.893. The zero-order chi connectivity index (χ0) is 22.8. The highest BCUT2D eigenvalue weighted by atomic mass is 16.7. The van der Waals surface area contributed by atoms with E-state index in [1.165, 1.54) is 51.4 Å². The van der Waals surface area contributed by atoms with E-state index in [1.807, 2.05) is 0 Å². The molecule has 0 heterocycles. The van der Waals surface area contributed by atoms with Gasteiger partial charge in [-0.3, -0.25) is 0 Å². The molecule has 0 aromatic rings. The highest BCUT2D eigenvalue weighted by Gasteiger charge is 2.60. The van der Waals surface area contributed by atoms with Gasteiger partial charge in [-0.05, 0) is 87.9 Å². The molecular weight excluding hydrogens is 400 g/mol. The van der Waals surface area contributed by atoms with Crippen molar-refractivity contribution in [3.8, 4) is 0 Å². The molecule has 0 aliphatic heterocycles. The second kappa shape index (κ2) is 10.1. The average molecular weight is 447 g/mol. The Kier molecular flexibility index (Phi) is 7.59. The normalized spacial score (nSPS) is 40.6. The number of ether oxygens (including phenoxy) is 3. The smallest absolute Gasteiger partial charge is 0.434 e. The third-order valence-corrected chi connectivity index (χ3v) is 9.82. The molecule has 4 nitrogen and oxygen atoms in total. The highest BCUT2D eigenvalue weighted by Crippen LogP contribution is 2.65. The van der Waals surface area contributed by atoms with E-state index < -0.39 is 6.16 Å². The summed E-state index contributed by atoms with van der Waals surface area (Å²) < 4.78 is 17.3. The van der Waals surface area contributed by atoms with E-state index in [4.69, 9.17) is 14.2 Å². The molecule has 4 aliphatic rings. The predicted octanol–water partition coefficient (Wildman–Crippen LogP) is 7.46. The van der Waals surface area contributed by atoms with Crippen molar-refractivity contribution >= 4 is 6.16 Å². The molecule has 3 fully saturated rings. The van der Waals surface area contributed by atoms with Gasteiger partial charge < -0.3 is 14.2 Å². The maximum Gasteiger partial charge on any atom is 0.508 e. The van der Waals surface area contributed by atoms with E-state index in [0.717, 1.165) is 44.1 Å². The van der Waals surface area contributed by atoms with E-state index in [-0.39, 0.29) is 11.5 Å². The maximum absolute atomic E-state index is 12.4. The molecule has 4 heteroatoms. The third-order valence-electron chi connectivity index (χ3n) is 9.82.